The molecule has 1 aromatic heterocycles. The van der Waals surface area contributed by atoms with Crippen LogP contribution in [0.3, 0.4) is 0 Å². The van der Waals surface area contributed by atoms with Crippen LogP contribution in [0.15, 0.2) is 53.1 Å². The van der Waals surface area contributed by atoms with Crippen LogP contribution in [0.5, 0.6) is 11.5 Å². The lowest BCUT2D eigenvalue weighted by molar-refractivity contribution is -0.112. The smallest absolute Gasteiger partial charge is 0.346 e. The van der Waals surface area contributed by atoms with Gasteiger partial charge in [-0.05, 0) is 49.8 Å². The number of halogens is 1. The molecule has 172 valence electrons. The van der Waals surface area contributed by atoms with Crippen molar-refractivity contribution < 1.29 is 28.3 Å². The van der Waals surface area contributed by atoms with Gasteiger partial charge >= 0.3 is 5.97 Å². The average molecular weight is 471 g/mol. The third-order valence-corrected chi connectivity index (χ3v) is 4.69. The van der Waals surface area contributed by atoms with E-state index in [1.54, 1.807) is 55.5 Å². The summed E-state index contributed by atoms with van der Waals surface area (Å²) in [6.07, 6.45) is 2.89. The summed E-state index contributed by atoms with van der Waals surface area (Å²) < 4.78 is 21.2. The van der Waals surface area contributed by atoms with Crippen LogP contribution >= 0.6 is 11.6 Å². The second-order valence-corrected chi connectivity index (χ2v) is 7.06. The van der Waals surface area contributed by atoms with Crippen molar-refractivity contribution in [2.75, 3.05) is 25.6 Å². The van der Waals surface area contributed by atoms with Crippen LogP contribution in [-0.4, -0.2) is 37.4 Å². The fourth-order valence-corrected chi connectivity index (χ4v) is 3.09. The summed E-state index contributed by atoms with van der Waals surface area (Å²) in [6, 6.07) is 12.0. The van der Waals surface area contributed by atoms with E-state index in [9.17, 15) is 9.59 Å². The molecule has 1 amide bonds. The molecule has 0 aliphatic rings. The van der Waals surface area contributed by atoms with Crippen molar-refractivity contribution in [2.24, 2.45) is 0 Å². The highest BCUT2D eigenvalue weighted by molar-refractivity contribution is 6.30. The second-order valence-electron chi connectivity index (χ2n) is 6.63. The molecule has 3 rings (SSSR count). The van der Waals surface area contributed by atoms with E-state index >= 15 is 0 Å². The zero-order valence-electron chi connectivity index (χ0n) is 18.4. The molecule has 0 aliphatic carbocycles. The van der Waals surface area contributed by atoms with Gasteiger partial charge in [0.25, 0.3) is 5.91 Å². The lowest BCUT2D eigenvalue weighted by Gasteiger charge is -2.09. The monoisotopic (exact) mass is 470 g/mol. The number of nitrogens with zero attached hydrogens (tertiary/aromatic N) is 1. The number of anilines is 1. The van der Waals surface area contributed by atoms with Crippen molar-refractivity contribution in [3.8, 4) is 22.8 Å². The maximum Gasteiger partial charge on any atom is 0.346 e. The van der Waals surface area contributed by atoms with Crippen LogP contribution in [0.4, 0.5) is 5.88 Å². The third kappa shape index (κ3) is 5.93. The van der Waals surface area contributed by atoms with Gasteiger partial charge in [-0.15, -0.1) is 0 Å². The normalized spacial score (nSPS) is 10.8. The average Bonchev–Trinajstić information content (AvgIpc) is 3.22. The predicted octanol–water partition coefficient (Wildman–Crippen LogP) is 5.23. The summed E-state index contributed by atoms with van der Waals surface area (Å²) in [6.45, 7) is 4.21. The van der Waals surface area contributed by atoms with E-state index in [1.807, 2.05) is 6.92 Å². The molecule has 8 nitrogen and oxygen atoms in total. The first kappa shape index (κ1) is 23.9. The molecule has 0 aliphatic heterocycles. The maximum absolute atomic E-state index is 12.6. The van der Waals surface area contributed by atoms with E-state index in [4.69, 9.17) is 30.3 Å². The van der Waals surface area contributed by atoms with Crippen LogP contribution in [0.2, 0.25) is 5.02 Å². The van der Waals surface area contributed by atoms with Gasteiger partial charge in [-0.3, -0.25) is 10.1 Å². The molecule has 1 N–H and O–H groups in total. The van der Waals surface area contributed by atoms with Gasteiger partial charge in [0.05, 0.1) is 20.3 Å². The summed E-state index contributed by atoms with van der Waals surface area (Å²) >= 11 is 5.94. The van der Waals surface area contributed by atoms with Crippen molar-refractivity contribution in [1.29, 1.82) is 0 Å². The zero-order chi connectivity index (χ0) is 23.8. The minimum Gasteiger partial charge on any atom is -0.493 e. The number of benzene rings is 2. The Labute approximate surface area is 196 Å². The Bertz CT molecular complexity index is 1150. The standard InChI is InChI=1S/C24H23ClN2O6/c1-4-31-18-12-6-15(14-19(18)30-3)7-13-20(28)26-23-21(24(29)32-5-2)22(27-33-23)16-8-10-17(25)11-9-16/h6-14H,4-5H2,1-3H3,(H,26,28)/b13-7+. The van der Waals surface area contributed by atoms with Crippen molar-refractivity contribution in [2.45, 2.75) is 13.8 Å². The molecule has 0 spiro atoms. The van der Waals surface area contributed by atoms with E-state index in [1.165, 1.54) is 13.2 Å². The summed E-state index contributed by atoms with van der Waals surface area (Å²) in [5, 5.41) is 7.03. The van der Waals surface area contributed by atoms with Gasteiger partial charge in [0, 0.05) is 16.7 Å². The zero-order valence-corrected chi connectivity index (χ0v) is 19.1. The van der Waals surface area contributed by atoms with Gasteiger partial charge in [-0.2, -0.15) is 0 Å². The van der Waals surface area contributed by atoms with Crippen molar-refractivity contribution in [1.82, 2.24) is 5.16 Å². The molecule has 33 heavy (non-hydrogen) atoms. The Kier molecular flexibility index (Phi) is 8.10. The minimum absolute atomic E-state index is 0.0173. The highest BCUT2D eigenvalue weighted by atomic mass is 35.5. The van der Waals surface area contributed by atoms with E-state index in [-0.39, 0.29) is 23.7 Å². The number of esters is 1. The van der Waals surface area contributed by atoms with Crippen molar-refractivity contribution in [3.63, 3.8) is 0 Å². The molecular weight excluding hydrogens is 448 g/mol. The minimum atomic E-state index is -0.667. The molecule has 1 heterocycles. The van der Waals surface area contributed by atoms with Gasteiger partial charge in [-0.1, -0.05) is 35.0 Å². The first-order chi connectivity index (χ1) is 16.0. The maximum atomic E-state index is 12.6. The Morgan fingerprint density at radius 3 is 2.52 bits per heavy atom. The molecule has 0 bridgehead atoms. The van der Waals surface area contributed by atoms with Crippen LogP contribution < -0.4 is 14.8 Å². The second kappa shape index (κ2) is 11.2. The number of hydrogen-bond donors (Lipinski definition) is 1. The molecule has 0 unspecified atom stereocenters. The molecule has 0 atom stereocenters. The molecule has 0 saturated heterocycles. The fraction of sp³-hybridized carbons (Fsp3) is 0.208. The summed E-state index contributed by atoms with van der Waals surface area (Å²) in [5.74, 6) is -0.146. The summed E-state index contributed by atoms with van der Waals surface area (Å²) in [7, 11) is 1.54. The highest BCUT2D eigenvalue weighted by Crippen LogP contribution is 2.31. The number of carbonyl (C=O) groups excluding carboxylic acids is 2. The fourth-order valence-electron chi connectivity index (χ4n) is 2.96. The summed E-state index contributed by atoms with van der Waals surface area (Å²) in [5.41, 5.74) is 1.56. The van der Waals surface area contributed by atoms with E-state index < -0.39 is 11.9 Å². The van der Waals surface area contributed by atoms with Gasteiger partial charge in [0.15, 0.2) is 17.1 Å². The Morgan fingerprint density at radius 1 is 1.09 bits per heavy atom. The molecule has 0 radical (unpaired) electrons. The SMILES string of the molecule is CCOC(=O)c1c(-c2ccc(Cl)cc2)noc1NC(=O)/C=C/c1ccc(OCC)c(OC)c1. The number of hydrogen-bond acceptors (Lipinski definition) is 7. The van der Waals surface area contributed by atoms with E-state index in [2.05, 4.69) is 10.5 Å². The van der Waals surface area contributed by atoms with Crippen LogP contribution in [-0.2, 0) is 9.53 Å². The predicted molar refractivity (Wildman–Crippen MR) is 125 cm³/mol. The number of ether oxygens (including phenoxy) is 3. The lowest BCUT2D eigenvalue weighted by atomic mass is 10.1. The number of amides is 1. The molecule has 2 aromatic carbocycles. The van der Waals surface area contributed by atoms with Crippen LogP contribution in [0, 0.1) is 0 Å². The molecular formula is C24H23ClN2O6. The quantitative estimate of drug-likeness (QED) is 0.337. The number of carbonyl (C=O) groups is 2. The van der Waals surface area contributed by atoms with Crippen molar-refractivity contribution >= 4 is 35.4 Å². The van der Waals surface area contributed by atoms with Gasteiger partial charge in [0.1, 0.15) is 5.69 Å². The summed E-state index contributed by atoms with van der Waals surface area (Å²) in [4.78, 5) is 25.1. The topological polar surface area (TPSA) is 99.9 Å². The van der Waals surface area contributed by atoms with Gasteiger partial charge in [0.2, 0.25) is 5.88 Å². The first-order valence-corrected chi connectivity index (χ1v) is 10.6. The number of rotatable bonds is 9. The Morgan fingerprint density at radius 2 is 1.85 bits per heavy atom. The molecule has 3 aromatic rings. The Balaban J connectivity index is 1.83. The van der Waals surface area contributed by atoms with Crippen LogP contribution in [0.1, 0.15) is 29.8 Å². The van der Waals surface area contributed by atoms with Crippen molar-refractivity contribution in [3.05, 3.63) is 64.7 Å². The largest absolute Gasteiger partial charge is 0.493 e. The Hall–Kier alpha value is -3.78. The van der Waals surface area contributed by atoms with E-state index in [0.29, 0.717) is 28.7 Å². The molecule has 0 fully saturated rings. The molecule has 0 saturated carbocycles. The molecule has 9 heteroatoms. The number of aromatic nitrogens is 1. The highest BCUT2D eigenvalue weighted by Gasteiger charge is 2.26. The van der Waals surface area contributed by atoms with E-state index in [0.717, 1.165) is 5.56 Å². The lowest BCUT2D eigenvalue weighted by Crippen LogP contribution is -2.13. The van der Waals surface area contributed by atoms with Crippen LogP contribution in [0.25, 0.3) is 17.3 Å². The third-order valence-electron chi connectivity index (χ3n) is 4.44. The van der Waals surface area contributed by atoms with Gasteiger partial charge in [-0.25, -0.2) is 4.79 Å². The number of methoxy groups -OCH3 is 1. The van der Waals surface area contributed by atoms with Gasteiger partial charge < -0.3 is 18.7 Å². The first-order valence-electron chi connectivity index (χ1n) is 10.2. The number of nitrogens with one attached hydrogen (secondary N) is 1.